The van der Waals surface area contributed by atoms with E-state index in [9.17, 15) is 13.2 Å². The highest BCUT2D eigenvalue weighted by Crippen LogP contribution is 2.36. The van der Waals surface area contributed by atoms with Crippen molar-refractivity contribution in [2.24, 2.45) is 5.92 Å². The zero-order valence-electron chi connectivity index (χ0n) is 16.4. The molecule has 13 heteroatoms. The number of rotatable bonds is 3. The summed E-state index contributed by atoms with van der Waals surface area (Å²) in [6, 6.07) is 0.150. The summed E-state index contributed by atoms with van der Waals surface area (Å²) in [6.07, 6.45) is 5.11. The van der Waals surface area contributed by atoms with Crippen LogP contribution in [0.3, 0.4) is 0 Å². The third-order valence-electron chi connectivity index (χ3n) is 5.89. The highest BCUT2D eigenvalue weighted by molar-refractivity contribution is 7.90. The fourth-order valence-electron chi connectivity index (χ4n) is 4.27. The van der Waals surface area contributed by atoms with Crippen LogP contribution in [0.15, 0.2) is 6.33 Å². The first kappa shape index (κ1) is 20.6. The number of imidazole rings is 1. The monoisotopic (exact) mass is 481 g/mol. The number of sulfone groups is 1. The Morgan fingerprint density at radius 3 is 2.77 bits per heavy atom. The lowest BCUT2D eigenvalue weighted by Gasteiger charge is -2.28. The van der Waals surface area contributed by atoms with E-state index in [1.807, 2.05) is 4.57 Å². The van der Waals surface area contributed by atoms with E-state index in [2.05, 4.69) is 25.3 Å². The number of nitrogen functional groups attached to an aromatic ring is 1. The van der Waals surface area contributed by atoms with Crippen molar-refractivity contribution in [3.63, 3.8) is 0 Å². The van der Waals surface area contributed by atoms with Crippen molar-refractivity contribution < 1.29 is 13.2 Å². The average Bonchev–Trinajstić information content (AvgIpc) is 3.30. The number of nitrogens with two attached hydrogens (primary N) is 1. The molecule has 10 nitrogen and oxygen atoms in total. The maximum atomic E-state index is 12.8. The maximum absolute atomic E-state index is 12.8. The molecule has 5 rings (SSSR count). The van der Waals surface area contributed by atoms with Crippen molar-refractivity contribution in [1.82, 2.24) is 24.5 Å². The molecular formula is C18H20ClN7O3S2. The Morgan fingerprint density at radius 2 is 2.00 bits per heavy atom. The molecule has 2 aliphatic rings. The van der Waals surface area contributed by atoms with E-state index in [-0.39, 0.29) is 40.5 Å². The molecule has 0 atom stereocenters. The first-order valence-electron chi connectivity index (χ1n) is 9.94. The number of fused-ring (bicyclic) bond motifs is 2. The van der Waals surface area contributed by atoms with E-state index >= 15 is 0 Å². The van der Waals surface area contributed by atoms with Crippen LogP contribution in [0.1, 0.15) is 42.3 Å². The van der Waals surface area contributed by atoms with E-state index in [0.717, 1.165) is 23.4 Å². The Kier molecular flexibility index (Phi) is 5.10. The van der Waals surface area contributed by atoms with Gasteiger partial charge < -0.3 is 15.6 Å². The van der Waals surface area contributed by atoms with E-state index in [1.54, 1.807) is 6.33 Å². The second-order valence-electron chi connectivity index (χ2n) is 7.93. The van der Waals surface area contributed by atoms with Crippen LogP contribution in [0, 0.1) is 5.92 Å². The van der Waals surface area contributed by atoms with Gasteiger partial charge >= 0.3 is 0 Å². The van der Waals surface area contributed by atoms with E-state index in [1.165, 1.54) is 11.3 Å². The van der Waals surface area contributed by atoms with Gasteiger partial charge in [-0.2, -0.15) is 9.97 Å². The van der Waals surface area contributed by atoms with Crippen LogP contribution in [-0.2, 0) is 26.8 Å². The summed E-state index contributed by atoms with van der Waals surface area (Å²) in [5.74, 6) is 0.182. The summed E-state index contributed by atoms with van der Waals surface area (Å²) < 4.78 is 25.6. The number of halogens is 1. The first-order valence-corrected chi connectivity index (χ1v) is 13.0. The van der Waals surface area contributed by atoms with Gasteiger partial charge in [-0.15, -0.1) is 11.3 Å². The number of carbonyl (C=O) groups is 1. The van der Waals surface area contributed by atoms with E-state index in [0.29, 0.717) is 35.6 Å². The third kappa shape index (κ3) is 3.99. The lowest BCUT2D eigenvalue weighted by molar-refractivity contribution is -0.120. The Morgan fingerprint density at radius 1 is 1.23 bits per heavy atom. The largest absolute Gasteiger partial charge is 0.382 e. The summed E-state index contributed by atoms with van der Waals surface area (Å²) in [5, 5.41) is 3.46. The molecule has 3 N–H and O–H groups in total. The predicted molar refractivity (Wildman–Crippen MR) is 118 cm³/mol. The van der Waals surface area contributed by atoms with Crippen LogP contribution in [0.4, 0.5) is 10.9 Å². The molecule has 3 aromatic rings. The van der Waals surface area contributed by atoms with Crippen molar-refractivity contribution in [3.05, 3.63) is 22.2 Å². The van der Waals surface area contributed by atoms with Crippen molar-refractivity contribution in [2.75, 3.05) is 16.8 Å². The quantitative estimate of drug-likeness (QED) is 0.542. The van der Waals surface area contributed by atoms with Gasteiger partial charge in [-0.25, -0.2) is 18.4 Å². The van der Waals surface area contributed by atoms with Crippen molar-refractivity contribution in [3.8, 4) is 0 Å². The molecule has 0 aromatic carbocycles. The number of nitrogens with zero attached hydrogens (tertiary/aromatic N) is 5. The Hall–Kier alpha value is -2.31. The summed E-state index contributed by atoms with van der Waals surface area (Å²) in [7, 11) is -3.06. The van der Waals surface area contributed by atoms with Gasteiger partial charge in [-0.3, -0.25) is 4.79 Å². The molecule has 4 heterocycles. The summed E-state index contributed by atoms with van der Waals surface area (Å²) in [6.45, 7) is 0. The van der Waals surface area contributed by atoms with Gasteiger partial charge in [0.05, 0.1) is 23.5 Å². The summed E-state index contributed by atoms with van der Waals surface area (Å²) in [4.78, 5) is 30.4. The van der Waals surface area contributed by atoms with Gasteiger partial charge in [0, 0.05) is 23.3 Å². The number of nitrogens with one attached hydrogen (secondary N) is 1. The topological polar surface area (TPSA) is 146 Å². The number of thiazole rings is 1. The minimum Gasteiger partial charge on any atom is -0.382 e. The molecule has 3 aromatic heterocycles. The van der Waals surface area contributed by atoms with Crippen molar-refractivity contribution in [1.29, 1.82) is 0 Å². The standard InChI is InChI=1S/C18H20ClN7O3S2/c19-17-23-14(20)13-15(24-17)26(8-21-13)10-3-1-9(2-4-10)16(27)25-18-22-11-5-6-31(28,29)7-12(11)30-18/h8-10H,1-7H2,(H2,20,23,24)(H,22,25,27). The number of aryl methyl sites for hydroxylation is 1. The van der Waals surface area contributed by atoms with Gasteiger partial charge in [0.1, 0.15) is 5.52 Å². The Bertz CT molecular complexity index is 1280. The molecule has 1 saturated carbocycles. The fraction of sp³-hybridized carbons (Fsp3) is 0.500. The van der Waals surface area contributed by atoms with Gasteiger partial charge in [0.25, 0.3) is 0 Å². The van der Waals surface area contributed by atoms with Crippen LogP contribution in [-0.4, -0.2) is 44.6 Å². The first-order chi connectivity index (χ1) is 14.8. The molecule has 0 spiro atoms. The van der Waals surface area contributed by atoms with Crippen LogP contribution in [0.2, 0.25) is 5.28 Å². The number of anilines is 2. The van der Waals surface area contributed by atoms with Crippen LogP contribution >= 0.6 is 22.9 Å². The number of amides is 1. The molecule has 31 heavy (non-hydrogen) atoms. The highest BCUT2D eigenvalue weighted by atomic mass is 35.5. The van der Waals surface area contributed by atoms with Crippen LogP contribution in [0.25, 0.3) is 11.2 Å². The predicted octanol–water partition coefficient (Wildman–Crippen LogP) is 2.36. The number of carbonyl (C=O) groups excluding carboxylic acids is 1. The van der Waals surface area contributed by atoms with Gasteiger partial charge in [-0.05, 0) is 37.3 Å². The Balaban J connectivity index is 1.24. The molecule has 164 valence electrons. The average molecular weight is 482 g/mol. The molecule has 1 amide bonds. The molecule has 0 unspecified atom stereocenters. The SMILES string of the molecule is Nc1nc(Cl)nc2c1ncn2C1CCC(C(=O)Nc2nc3c(s2)CS(=O)(=O)CC3)CC1. The molecule has 0 radical (unpaired) electrons. The lowest BCUT2D eigenvalue weighted by Crippen LogP contribution is -2.28. The lowest BCUT2D eigenvalue weighted by atomic mass is 9.85. The number of hydrogen-bond acceptors (Lipinski definition) is 9. The second-order valence-corrected chi connectivity index (χ2v) is 11.5. The fourth-order valence-corrected chi connectivity index (χ4v) is 7.24. The van der Waals surface area contributed by atoms with Gasteiger partial charge in [0.15, 0.2) is 26.4 Å². The van der Waals surface area contributed by atoms with Gasteiger partial charge in [-0.1, -0.05) is 0 Å². The van der Waals surface area contributed by atoms with Crippen LogP contribution in [0.5, 0.6) is 0 Å². The second kappa shape index (κ2) is 7.68. The molecular weight excluding hydrogens is 462 g/mol. The summed E-state index contributed by atoms with van der Waals surface area (Å²) in [5.41, 5.74) is 7.80. The van der Waals surface area contributed by atoms with Crippen molar-refractivity contribution >= 4 is 60.8 Å². The molecule has 1 fully saturated rings. The maximum Gasteiger partial charge on any atom is 0.229 e. The van der Waals surface area contributed by atoms with Crippen LogP contribution < -0.4 is 11.1 Å². The normalized spacial score (nSPS) is 22.9. The molecule has 1 aliphatic heterocycles. The Labute approximate surface area is 187 Å². The molecule has 1 aliphatic carbocycles. The minimum absolute atomic E-state index is 0.0118. The van der Waals surface area contributed by atoms with E-state index in [4.69, 9.17) is 17.3 Å². The van der Waals surface area contributed by atoms with E-state index < -0.39 is 9.84 Å². The number of aromatic nitrogens is 5. The number of hydrogen-bond donors (Lipinski definition) is 2. The smallest absolute Gasteiger partial charge is 0.229 e. The van der Waals surface area contributed by atoms with Gasteiger partial charge in [0.2, 0.25) is 11.2 Å². The van der Waals surface area contributed by atoms with Crippen molar-refractivity contribution in [2.45, 2.75) is 43.9 Å². The molecule has 0 saturated heterocycles. The molecule has 0 bridgehead atoms. The zero-order chi connectivity index (χ0) is 21.8. The third-order valence-corrected chi connectivity index (χ3v) is 8.81. The minimum atomic E-state index is -3.06. The summed E-state index contributed by atoms with van der Waals surface area (Å²) >= 11 is 7.21. The highest BCUT2D eigenvalue weighted by Gasteiger charge is 2.30. The zero-order valence-corrected chi connectivity index (χ0v) is 18.8.